The molecule has 0 aliphatic heterocycles. The van der Waals surface area contributed by atoms with Gasteiger partial charge in [0.05, 0.1) is 0 Å². The summed E-state index contributed by atoms with van der Waals surface area (Å²) in [7, 11) is 0. The van der Waals surface area contributed by atoms with Crippen molar-refractivity contribution >= 4 is 5.82 Å². The lowest BCUT2D eigenvalue weighted by atomic mass is 10.0. The van der Waals surface area contributed by atoms with Gasteiger partial charge in [-0.3, -0.25) is 0 Å². The second-order valence-electron chi connectivity index (χ2n) is 4.16. The van der Waals surface area contributed by atoms with Crippen LogP contribution in [-0.2, 0) is 0 Å². The third-order valence-electron chi connectivity index (χ3n) is 2.84. The van der Waals surface area contributed by atoms with Gasteiger partial charge in [0.1, 0.15) is 11.6 Å². The van der Waals surface area contributed by atoms with Gasteiger partial charge in [0, 0.05) is 17.7 Å². The maximum absolute atomic E-state index is 5.77. The molecular weight excluding hydrogens is 174 g/mol. The van der Waals surface area contributed by atoms with E-state index in [4.69, 9.17) is 5.73 Å². The van der Waals surface area contributed by atoms with Crippen molar-refractivity contribution < 1.29 is 0 Å². The van der Waals surface area contributed by atoms with Crippen LogP contribution in [0.1, 0.15) is 56.5 Å². The van der Waals surface area contributed by atoms with E-state index in [0.717, 1.165) is 17.9 Å². The molecule has 1 aliphatic rings. The predicted octanol–water partition coefficient (Wildman–Crippen LogP) is 2.45. The van der Waals surface area contributed by atoms with Gasteiger partial charge in [-0.1, -0.05) is 13.8 Å². The number of rotatable bonds is 3. The Balaban J connectivity index is 2.30. The number of hydrogen-bond acceptors (Lipinski definition) is 3. The Morgan fingerprint density at radius 3 is 2.79 bits per heavy atom. The number of nitrogens with zero attached hydrogens (tertiary/aromatic N) is 2. The van der Waals surface area contributed by atoms with E-state index in [1.165, 1.54) is 12.8 Å². The van der Waals surface area contributed by atoms with Gasteiger partial charge in [0.15, 0.2) is 0 Å². The van der Waals surface area contributed by atoms with Crippen LogP contribution in [-0.4, -0.2) is 9.97 Å². The van der Waals surface area contributed by atoms with Gasteiger partial charge in [-0.15, -0.1) is 0 Å². The second kappa shape index (κ2) is 3.56. The summed E-state index contributed by atoms with van der Waals surface area (Å²) in [4.78, 5) is 8.85. The molecule has 14 heavy (non-hydrogen) atoms. The first-order valence-electron chi connectivity index (χ1n) is 5.35. The summed E-state index contributed by atoms with van der Waals surface area (Å²) in [5, 5.41) is 0. The van der Waals surface area contributed by atoms with E-state index in [1.54, 1.807) is 0 Å². The molecule has 0 amide bonds. The third-order valence-corrected chi connectivity index (χ3v) is 2.84. The zero-order chi connectivity index (χ0) is 10.1. The summed E-state index contributed by atoms with van der Waals surface area (Å²) < 4.78 is 0. The maximum Gasteiger partial charge on any atom is 0.134 e. The van der Waals surface area contributed by atoms with Gasteiger partial charge in [0.25, 0.3) is 0 Å². The Kier molecular flexibility index (Phi) is 2.40. The molecule has 0 spiro atoms. The van der Waals surface area contributed by atoms with Gasteiger partial charge < -0.3 is 5.73 Å². The van der Waals surface area contributed by atoms with E-state index in [9.17, 15) is 0 Å². The van der Waals surface area contributed by atoms with Crippen LogP contribution in [0, 0.1) is 0 Å². The van der Waals surface area contributed by atoms with E-state index in [2.05, 4.69) is 23.8 Å². The highest BCUT2D eigenvalue weighted by atomic mass is 15.0. The third kappa shape index (κ3) is 1.86. The predicted molar refractivity (Wildman–Crippen MR) is 57.1 cm³/mol. The Morgan fingerprint density at radius 2 is 2.21 bits per heavy atom. The lowest BCUT2D eigenvalue weighted by Crippen LogP contribution is -2.04. The lowest BCUT2D eigenvalue weighted by molar-refractivity contribution is 0.694. The average molecular weight is 191 g/mol. The second-order valence-corrected chi connectivity index (χ2v) is 4.16. The summed E-state index contributed by atoms with van der Waals surface area (Å²) in [6.07, 6.45) is 3.55. The fraction of sp³-hybridized carbons (Fsp3) is 0.636. The molecule has 76 valence electrons. The topological polar surface area (TPSA) is 51.8 Å². The monoisotopic (exact) mass is 191 g/mol. The molecule has 0 aromatic carbocycles. The number of anilines is 1. The number of hydrogen-bond donors (Lipinski definition) is 1. The first-order chi connectivity index (χ1) is 6.70. The Morgan fingerprint density at radius 1 is 1.50 bits per heavy atom. The van der Waals surface area contributed by atoms with Gasteiger partial charge in [-0.2, -0.15) is 0 Å². The number of nitrogens with two attached hydrogens (primary N) is 1. The summed E-state index contributed by atoms with van der Waals surface area (Å²) in [6, 6.07) is 1.90. The summed E-state index contributed by atoms with van der Waals surface area (Å²) >= 11 is 0. The highest BCUT2D eigenvalue weighted by Crippen LogP contribution is 2.38. The summed E-state index contributed by atoms with van der Waals surface area (Å²) in [5.41, 5.74) is 6.87. The highest BCUT2D eigenvalue weighted by molar-refractivity contribution is 5.32. The quantitative estimate of drug-likeness (QED) is 0.798. The average Bonchev–Trinajstić information content (AvgIpc) is 2.98. The van der Waals surface area contributed by atoms with Crippen molar-refractivity contribution in [1.82, 2.24) is 9.97 Å². The largest absolute Gasteiger partial charge is 0.384 e. The van der Waals surface area contributed by atoms with Crippen molar-refractivity contribution in [1.29, 1.82) is 0 Å². The van der Waals surface area contributed by atoms with E-state index in [-0.39, 0.29) is 0 Å². The molecule has 1 aromatic heterocycles. The summed E-state index contributed by atoms with van der Waals surface area (Å²) in [6.45, 7) is 4.35. The van der Waals surface area contributed by atoms with Crippen LogP contribution in [0.2, 0.25) is 0 Å². The lowest BCUT2D eigenvalue weighted by Gasteiger charge is -2.09. The zero-order valence-electron chi connectivity index (χ0n) is 8.83. The van der Waals surface area contributed by atoms with Crippen LogP contribution >= 0.6 is 0 Å². The molecule has 1 saturated carbocycles. The van der Waals surface area contributed by atoms with E-state index < -0.39 is 0 Å². The minimum absolute atomic E-state index is 0.484. The highest BCUT2D eigenvalue weighted by Gasteiger charge is 2.27. The standard InChI is InChI=1S/C11H17N3/c1-3-7(2)9-6-10(12)14-11(13-9)8-4-5-8/h6-8H,3-5H2,1-2H3,(H2,12,13,14)/t7-/m1/s1. The van der Waals surface area contributed by atoms with Crippen LogP contribution in [0.15, 0.2) is 6.07 Å². The molecular formula is C11H17N3. The number of aromatic nitrogens is 2. The van der Waals surface area contributed by atoms with Crippen molar-refractivity contribution in [2.75, 3.05) is 5.73 Å². The molecule has 0 radical (unpaired) electrons. The van der Waals surface area contributed by atoms with Crippen molar-refractivity contribution in [3.05, 3.63) is 17.6 Å². The molecule has 3 heteroatoms. The van der Waals surface area contributed by atoms with Gasteiger partial charge in [-0.05, 0) is 25.2 Å². The Bertz CT molecular complexity index is 331. The normalized spacial score (nSPS) is 18.1. The van der Waals surface area contributed by atoms with Crippen LogP contribution < -0.4 is 5.73 Å². The molecule has 3 nitrogen and oxygen atoms in total. The molecule has 1 atom stereocenters. The molecule has 1 heterocycles. The fourth-order valence-corrected chi connectivity index (χ4v) is 1.49. The van der Waals surface area contributed by atoms with Crippen molar-refractivity contribution in [3.8, 4) is 0 Å². The zero-order valence-corrected chi connectivity index (χ0v) is 8.83. The Labute approximate surface area is 84.8 Å². The molecule has 2 N–H and O–H groups in total. The number of nitrogen functional groups attached to an aromatic ring is 1. The van der Waals surface area contributed by atoms with Crippen LogP contribution in [0.25, 0.3) is 0 Å². The molecule has 1 fully saturated rings. The Hall–Kier alpha value is -1.12. The smallest absolute Gasteiger partial charge is 0.134 e. The van der Waals surface area contributed by atoms with E-state index in [1.807, 2.05) is 6.07 Å². The van der Waals surface area contributed by atoms with Crippen LogP contribution in [0.3, 0.4) is 0 Å². The minimum atomic E-state index is 0.484. The van der Waals surface area contributed by atoms with Crippen LogP contribution in [0.5, 0.6) is 0 Å². The maximum atomic E-state index is 5.77. The van der Waals surface area contributed by atoms with Crippen LogP contribution in [0.4, 0.5) is 5.82 Å². The molecule has 0 saturated heterocycles. The van der Waals surface area contributed by atoms with E-state index in [0.29, 0.717) is 17.7 Å². The van der Waals surface area contributed by atoms with E-state index >= 15 is 0 Å². The molecule has 0 unspecified atom stereocenters. The van der Waals surface area contributed by atoms with Gasteiger partial charge in [0.2, 0.25) is 0 Å². The fourth-order valence-electron chi connectivity index (χ4n) is 1.49. The first-order valence-corrected chi connectivity index (χ1v) is 5.35. The molecule has 2 rings (SSSR count). The van der Waals surface area contributed by atoms with Gasteiger partial charge in [-0.25, -0.2) is 9.97 Å². The van der Waals surface area contributed by atoms with Crippen molar-refractivity contribution in [3.63, 3.8) is 0 Å². The summed E-state index contributed by atoms with van der Waals surface area (Å²) in [5.74, 6) is 2.65. The van der Waals surface area contributed by atoms with Crippen molar-refractivity contribution in [2.45, 2.75) is 44.9 Å². The molecule has 1 aliphatic carbocycles. The van der Waals surface area contributed by atoms with Gasteiger partial charge >= 0.3 is 0 Å². The van der Waals surface area contributed by atoms with Crippen molar-refractivity contribution in [2.24, 2.45) is 0 Å². The molecule has 1 aromatic rings. The first kappa shape index (κ1) is 9.44. The SMILES string of the molecule is CC[C@@H](C)c1cc(N)nc(C2CC2)n1. The minimum Gasteiger partial charge on any atom is -0.384 e. The molecule has 0 bridgehead atoms.